The highest BCUT2D eigenvalue weighted by atomic mass is 19.1. The minimum Gasteiger partial charge on any atom is -0.480 e. The number of halogens is 3. The van der Waals surface area contributed by atoms with Crippen LogP contribution in [-0.2, 0) is 11.2 Å². The van der Waals surface area contributed by atoms with Crippen LogP contribution in [0.15, 0.2) is 54.6 Å². The van der Waals surface area contributed by atoms with E-state index >= 15 is 0 Å². The number of carbonyl (C=O) groups is 2. The summed E-state index contributed by atoms with van der Waals surface area (Å²) in [4.78, 5) is 23.6. The van der Waals surface area contributed by atoms with Crippen LogP contribution in [0.2, 0.25) is 0 Å². The maximum atomic E-state index is 13.7. The lowest BCUT2D eigenvalue weighted by Gasteiger charge is -2.16. The monoisotopic (exact) mass is 373 g/mol. The molecule has 3 rings (SSSR count). The number of fused-ring (bicyclic) bond motifs is 1. The molecule has 0 saturated carbocycles. The predicted octanol–water partition coefficient (Wildman–Crippen LogP) is 3.68. The average molecular weight is 373 g/mol. The predicted molar refractivity (Wildman–Crippen MR) is 92.9 cm³/mol. The Bertz CT molecular complexity index is 1010. The van der Waals surface area contributed by atoms with Gasteiger partial charge < -0.3 is 10.4 Å². The van der Waals surface area contributed by atoms with Gasteiger partial charge in [0, 0.05) is 18.6 Å². The van der Waals surface area contributed by atoms with E-state index in [1.54, 1.807) is 12.1 Å². The van der Waals surface area contributed by atoms with Gasteiger partial charge in [0.25, 0.3) is 5.91 Å². The molecular weight excluding hydrogens is 359 g/mol. The first kappa shape index (κ1) is 18.4. The Kier molecular flexibility index (Phi) is 5.12. The number of carboxylic acids is 1. The molecule has 0 heterocycles. The lowest BCUT2D eigenvalue weighted by Crippen LogP contribution is -2.43. The number of aliphatic carboxylic acids is 1. The molecule has 0 aliphatic heterocycles. The van der Waals surface area contributed by atoms with Crippen molar-refractivity contribution in [2.45, 2.75) is 12.5 Å². The molecule has 27 heavy (non-hydrogen) atoms. The fourth-order valence-electron chi connectivity index (χ4n) is 2.79. The Morgan fingerprint density at radius 3 is 2.19 bits per heavy atom. The van der Waals surface area contributed by atoms with E-state index in [4.69, 9.17) is 0 Å². The Balaban J connectivity index is 1.83. The fraction of sp³-hybridized carbons (Fsp3) is 0.100. The number of rotatable bonds is 5. The van der Waals surface area contributed by atoms with Crippen molar-refractivity contribution in [3.05, 3.63) is 83.2 Å². The standard InChI is InChI=1S/C20H14F3NO3/c21-14-9-15(22)18(16(23)10-14)19(25)24-17(20(26)27)8-11-5-6-12-3-1-2-4-13(12)7-11/h1-7,9-10,17H,8H2,(H,24,25)(H,26,27)/t17-/m0/s1. The summed E-state index contributed by atoms with van der Waals surface area (Å²) in [6.07, 6.45) is -0.0870. The molecule has 0 radical (unpaired) electrons. The van der Waals surface area contributed by atoms with Gasteiger partial charge in [0.15, 0.2) is 0 Å². The molecule has 0 bridgehead atoms. The highest BCUT2D eigenvalue weighted by Gasteiger charge is 2.25. The van der Waals surface area contributed by atoms with Crippen LogP contribution in [0.1, 0.15) is 15.9 Å². The summed E-state index contributed by atoms with van der Waals surface area (Å²) in [7, 11) is 0. The van der Waals surface area contributed by atoms with Crippen LogP contribution in [0.4, 0.5) is 13.2 Å². The van der Waals surface area contributed by atoms with E-state index in [2.05, 4.69) is 5.32 Å². The summed E-state index contributed by atoms with van der Waals surface area (Å²) in [5, 5.41) is 13.3. The lowest BCUT2D eigenvalue weighted by molar-refractivity contribution is -0.139. The van der Waals surface area contributed by atoms with Gasteiger partial charge in [0.1, 0.15) is 29.1 Å². The molecule has 0 spiro atoms. The summed E-state index contributed by atoms with van der Waals surface area (Å²) in [6, 6.07) is 12.1. The van der Waals surface area contributed by atoms with Crippen LogP contribution in [0.5, 0.6) is 0 Å². The van der Waals surface area contributed by atoms with Gasteiger partial charge in [-0.1, -0.05) is 42.5 Å². The normalized spacial score (nSPS) is 12.0. The molecule has 0 saturated heterocycles. The first-order chi connectivity index (χ1) is 12.8. The third-order valence-corrected chi connectivity index (χ3v) is 4.09. The molecule has 0 unspecified atom stereocenters. The SMILES string of the molecule is O=C(N[C@@H](Cc1ccc2ccccc2c1)C(=O)O)c1c(F)cc(F)cc1F. The highest BCUT2D eigenvalue weighted by molar-refractivity contribution is 5.97. The van der Waals surface area contributed by atoms with Crippen molar-refractivity contribution in [1.82, 2.24) is 5.32 Å². The van der Waals surface area contributed by atoms with Crippen LogP contribution in [0, 0.1) is 17.5 Å². The van der Waals surface area contributed by atoms with Crippen LogP contribution < -0.4 is 5.32 Å². The zero-order chi connectivity index (χ0) is 19.6. The number of hydrogen-bond acceptors (Lipinski definition) is 2. The van der Waals surface area contributed by atoms with Gasteiger partial charge in [0.05, 0.1) is 0 Å². The quantitative estimate of drug-likeness (QED) is 0.717. The Morgan fingerprint density at radius 1 is 0.926 bits per heavy atom. The van der Waals surface area contributed by atoms with Gasteiger partial charge >= 0.3 is 5.97 Å². The van der Waals surface area contributed by atoms with E-state index in [0.29, 0.717) is 17.7 Å². The molecule has 1 atom stereocenters. The zero-order valence-electron chi connectivity index (χ0n) is 13.9. The molecule has 138 valence electrons. The van der Waals surface area contributed by atoms with Crippen molar-refractivity contribution in [1.29, 1.82) is 0 Å². The third-order valence-electron chi connectivity index (χ3n) is 4.09. The van der Waals surface area contributed by atoms with Crippen molar-refractivity contribution >= 4 is 22.6 Å². The zero-order valence-corrected chi connectivity index (χ0v) is 13.9. The van der Waals surface area contributed by atoms with Gasteiger partial charge in [-0.25, -0.2) is 18.0 Å². The maximum absolute atomic E-state index is 13.7. The molecule has 0 fully saturated rings. The van der Waals surface area contributed by atoms with Crippen LogP contribution in [0.3, 0.4) is 0 Å². The van der Waals surface area contributed by atoms with E-state index in [1.807, 2.05) is 30.3 Å². The molecule has 0 aromatic heterocycles. The number of carboxylic acid groups (broad SMARTS) is 1. The minimum atomic E-state index is -1.41. The van der Waals surface area contributed by atoms with Crippen molar-refractivity contribution < 1.29 is 27.9 Å². The number of amides is 1. The molecule has 0 aliphatic rings. The fourth-order valence-corrected chi connectivity index (χ4v) is 2.79. The van der Waals surface area contributed by atoms with E-state index in [-0.39, 0.29) is 6.42 Å². The second-order valence-electron chi connectivity index (χ2n) is 5.99. The van der Waals surface area contributed by atoms with E-state index < -0.39 is 40.9 Å². The Morgan fingerprint density at radius 2 is 1.56 bits per heavy atom. The molecule has 0 aliphatic carbocycles. The number of benzene rings is 3. The van der Waals surface area contributed by atoms with Gasteiger partial charge in [-0.05, 0) is 16.3 Å². The van der Waals surface area contributed by atoms with Crippen LogP contribution in [-0.4, -0.2) is 23.0 Å². The summed E-state index contributed by atoms with van der Waals surface area (Å²) in [5.74, 6) is -6.61. The number of hydrogen-bond donors (Lipinski definition) is 2. The maximum Gasteiger partial charge on any atom is 0.326 e. The molecule has 7 heteroatoms. The largest absolute Gasteiger partial charge is 0.480 e. The van der Waals surface area contributed by atoms with E-state index in [1.165, 1.54) is 0 Å². The first-order valence-electron chi connectivity index (χ1n) is 8.01. The smallest absolute Gasteiger partial charge is 0.326 e. The first-order valence-corrected chi connectivity index (χ1v) is 8.01. The summed E-state index contributed by atoms with van der Waals surface area (Å²) >= 11 is 0. The molecule has 2 N–H and O–H groups in total. The van der Waals surface area contributed by atoms with Crippen molar-refractivity contribution in [2.75, 3.05) is 0 Å². The van der Waals surface area contributed by atoms with Crippen LogP contribution in [0.25, 0.3) is 10.8 Å². The second kappa shape index (κ2) is 7.49. The molecule has 1 amide bonds. The van der Waals surface area contributed by atoms with E-state index in [0.717, 1.165) is 10.8 Å². The van der Waals surface area contributed by atoms with Crippen LogP contribution >= 0.6 is 0 Å². The minimum absolute atomic E-state index is 0.0870. The van der Waals surface area contributed by atoms with Gasteiger partial charge in [-0.3, -0.25) is 4.79 Å². The Hall–Kier alpha value is -3.35. The van der Waals surface area contributed by atoms with E-state index in [9.17, 15) is 27.9 Å². The van der Waals surface area contributed by atoms with Gasteiger partial charge in [-0.2, -0.15) is 0 Å². The molecule has 3 aromatic carbocycles. The van der Waals surface area contributed by atoms with Gasteiger partial charge in [-0.15, -0.1) is 0 Å². The summed E-state index contributed by atoms with van der Waals surface area (Å²) < 4.78 is 40.4. The summed E-state index contributed by atoms with van der Waals surface area (Å²) in [5.41, 5.74) is -0.400. The molecule has 4 nitrogen and oxygen atoms in total. The van der Waals surface area contributed by atoms with Gasteiger partial charge in [0.2, 0.25) is 0 Å². The molecular formula is C20H14F3NO3. The second-order valence-corrected chi connectivity index (χ2v) is 5.99. The average Bonchev–Trinajstić information content (AvgIpc) is 2.60. The topological polar surface area (TPSA) is 66.4 Å². The number of carbonyl (C=O) groups excluding carboxylic acids is 1. The van der Waals surface area contributed by atoms with Crippen molar-refractivity contribution in [2.24, 2.45) is 0 Å². The lowest BCUT2D eigenvalue weighted by atomic mass is 10.0. The Labute approximate surface area is 152 Å². The highest BCUT2D eigenvalue weighted by Crippen LogP contribution is 2.18. The van der Waals surface area contributed by atoms with Crippen molar-refractivity contribution in [3.8, 4) is 0 Å². The van der Waals surface area contributed by atoms with Crippen molar-refractivity contribution in [3.63, 3.8) is 0 Å². The molecule has 3 aromatic rings. The third kappa shape index (κ3) is 4.08. The number of nitrogens with one attached hydrogen (secondary N) is 1. The summed E-state index contributed by atoms with van der Waals surface area (Å²) in [6.45, 7) is 0.